The van der Waals surface area contributed by atoms with Crippen LogP contribution in [0.1, 0.15) is 239 Å². The SMILES string of the molecule is CCCCCCCCCCCCCCCCCC[N+](C)(CCCCCCCCCCCCCCCCCC)CCCCCOC[C@H](O)[C@@H](O)[C@@H](O)[C@H](O)CO.[Cl-]. The first-order valence-electron chi connectivity index (χ1n) is 24.6. The minimum Gasteiger partial charge on any atom is -1.00 e. The summed E-state index contributed by atoms with van der Waals surface area (Å²) in [5, 5.41) is 48.3. The van der Waals surface area contributed by atoms with Gasteiger partial charge in [-0.2, -0.15) is 0 Å². The van der Waals surface area contributed by atoms with E-state index in [-0.39, 0.29) is 19.0 Å². The molecule has 0 radical (unpaired) electrons. The Kier molecular flexibility index (Phi) is 46.2. The number of ether oxygens (including phenoxy) is 1. The van der Waals surface area contributed by atoms with Gasteiger partial charge in [-0.25, -0.2) is 0 Å². The highest BCUT2D eigenvalue weighted by Crippen LogP contribution is 2.18. The summed E-state index contributed by atoms with van der Waals surface area (Å²) in [6.07, 6.45) is 42.2. The monoisotopic (exact) mass is 822 g/mol. The Morgan fingerprint density at radius 1 is 0.375 bits per heavy atom. The second-order valence-electron chi connectivity index (χ2n) is 17.8. The van der Waals surface area contributed by atoms with E-state index < -0.39 is 31.0 Å². The molecule has 0 aromatic carbocycles. The van der Waals surface area contributed by atoms with Gasteiger partial charge in [0.1, 0.15) is 24.4 Å². The molecule has 0 spiro atoms. The zero-order valence-corrected chi connectivity index (χ0v) is 38.5. The fourth-order valence-electron chi connectivity index (χ4n) is 8.16. The molecule has 7 nitrogen and oxygen atoms in total. The minimum absolute atomic E-state index is 0. The number of hydrogen-bond acceptors (Lipinski definition) is 6. The molecule has 0 aromatic rings. The molecule has 0 rings (SSSR count). The molecule has 0 bridgehead atoms. The summed E-state index contributed by atoms with van der Waals surface area (Å²) in [5.41, 5.74) is 0. The summed E-state index contributed by atoms with van der Waals surface area (Å²) >= 11 is 0. The highest BCUT2D eigenvalue weighted by Gasteiger charge is 2.30. The van der Waals surface area contributed by atoms with E-state index in [2.05, 4.69) is 20.9 Å². The number of quaternary nitrogens is 1. The van der Waals surface area contributed by atoms with Crippen LogP contribution >= 0.6 is 0 Å². The van der Waals surface area contributed by atoms with Crippen LogP contribution in [0.2, 0.25) is 0 Å². The van der Waals surface area contributed by atoms with Crippen LogP contribution in [-0.2, 0) is 4.74 Å². The second kappa shape index (κ2) is 44.6. The van der Waals surface area contributed by atoms with Crippen molar-refractivity contribution in [3.63, 3.8) is 0 Å². The lowest BCUT2D eigenvalue weighted by Crippen LogP contribution is -3.00. The molecule has 5 N–H and O–H groups in total. The number of aliphatic hydroxyl groups is 5. The van der Waals surface area contributed by atoms with Gasteiger partial charge in [0.15, 0.2) is 0 Å². The van der Waals surface area contributed by atoms with Crippen LogP contribution in [0.15, 0.2) is 0 Å². The molecule has 0 heterocycles. The maximum atomic E-state index is 10.1. The Balaban J connectivity index is 0. The summed E-state index contributed by atoms with van der Waals surface area (Å²) in [4.78, 5) is 0. The first-order valence-corrected chi connectivity index (χ1v) is 24.6. The van der Waals surface area contributed by atoms with Crippen molar-refractivity contribution in [2.75, 3.05) is 46.5 Å². The van der Waals surface area contributed by atoms with E-state index in [4.69, 9.17) is 9.84 Å². The van der Waals surface area contributed by atoms with Crippen molar-refractivity contribution < 1.29 is 47.2 Å². The van der Waals surface area contributed by atoms with Crippen molar-refractivity contribution in [2.24, 2.45) is 0 Å². The molecule has 0 aliphatic heterocycles. The number of hydrogen-bond donors (Lipinski definition) is 5. The van der Waals surface area contributed by atoms with Crippen molar-refractivity contribution in [3.05, 3.63) is 0 Å². The van der Waals surface area contributed by atoms with E-state index in [9.17, 15) is 20.4 Å². The topological polar surface area (TPSA) is 110 Å². The van der Waals surface area contributed by atoms with Gasteiger partial charge < -0.3 is 47.2 Å². The second-order valence-corrected chi connectivity index (χ2v) is 17.8. The molecule has 56 heavy (non-hydrogen) atoms. The van der Waals surface area contributed by atoms with E-state index in [1.165, 1.54) is 230 Å². The number of nitrogens with zero attached hydrogens (tertiary/aromatic N) is 1. The van der Waals surface area contributed by atoms with Crippen LogP contribution in [0.25, 0.3) is 0 Å². The Morgan fingerprint density at radius 3 is 0.911 bits per heavy atom. The van der Waals surface area contributed by atoms with Crippen LogP contribution in [0.5, 0.6) is 0 Å². The van der Waals surface area contributed by atoms with Crippen molar-refractivity contribution >= 4 is 0 Å². The summed E-state index contributed by atoms with van der Waals surface area (Å²) in [6.45, 7) is 8.04. The molecule has 0 aliphatic carbocycles. The lowest BCUT2D eigenvalue weighted by molar-refractivity contribution is -0.910. The standard InChI is InChI=1S/C48H100NO6.ClH/c1-4-6-8-10-12-14-16-18-20-22-24-26-28-30-32-35-39-49(3,41-37-34-38-42-55-44-46(52)48(54)47(53)45(51)43-50)40-36-33-31-29-27-25-23-21-19-17-15-13-11-9-7-5-2;/h45-48,50-54H,4-44H2,1-3H3;1H/q+1;/p-1/t45-,46+,47+,48-;/m1./s1. The van der Waals surface area contributed by atoms with Gasteiger partial charge in [0, 0.05) is 6.61 Å². The maximum absolute atomic E-state index is 10.1. The normalized spacial score (nSPS) is 14.1. The number of unbranched alkanes of at least 4 members (excludes halogenated alkanes) is 32. The van der Waals surface area contributed by atoms with Crippen LogP contribution in [0, 0.1) is 0 Å². The zero-order chi connectivity index (χ0) is 40.5. The number of aliphatic hydroxyl groups excluding tert-OH is 5. The smallest absolute Gasteiger partial charge is 0.111 e. The average molecular weight is 823 g/mol. The molecule has 0 saturated heterocycles. The van der Waals surface area contributed by atoms with E-state index in [1.807, 2.05) is 0 Å². The largest absolute Gasteiger partial charge is 1.00 e. The zero-order valence-electron chi connectivity index (χ0n) is 37.8. The summed E-state index contributed by atoms with van der Waals surface area (Å²) in [5.74, 6) is 0. The third kappa shape index (κ3) is 38.2. The Labute approximate surface area is 355 Å². The van der Waals surface area contributed by atoms with Gasteiger partial charge in [-0.1, -0.05) is 194 Å². The van der Waals surface area contributed by atoms with E-state index in [0.29, 0.717) is 6.61 Å². The fraction of sp³-hybridized carbons (Fsp3) is 1.00. The molecule has 4 atom stereocenters. The van der Waals surface area contributed by atoms with Gasteiger partial charge in [0.25, 0.3) is 0 Å². The molecule has 0 aromatic heterocycles. The van der Waals surface area contributed by atoms with Crippen LogP contribution in [0.3, 0.4) is 0 Å². The third-order valence-electron chi connectivity index (χ3n) is 12.2. The van der Waals surface area contributed by atoms with Gasteiger partial charge >= 0.3 is 0 Å². The van der Waals surface area contributed by atoms with Gasteiger partial charge in [-0.05, 0) is 44.9 Å². The Morgan fingerprint density at radius 2 is 0.625 bits per heavy atom. The lowest BCUT2D eigenvalue weighted by Gasteiger charge is -2.35. The third-order valence-corrected chi connectivity index (χ3v) is 12.2. The molecular formula is C48H100ClNO6. The first kappa shape index (κ1) is 58.1. The fourth-order valence-corrected chi connectivity index (χ4v) is 8.16. The van der Waals surface area contributed by atoms with Crippen LogP contribution < -0.4 is 12.4 Å². The quantitative estimate of drug-likeness (QED) is 0.0311. The Bertz CT molecular complexity index is 712. The minimum atomic E-state index is -1.61. The number of rotatable bonds is 46. The predicted molar refractivity (Wildman–Crippen MR) is 236 cm³/mol. The van der Waals surface area contributed by atoms with Gasteiger partial charge in [-0.3, -0.25) is 0 Å². The van der Waals surface area contributed by atoms with Crippen molar-refractivity contribution in [3.8, 4) is 0 Å². The summed E-state index contributed by atoms with van der Waals surface area (Å²) < 4.78 is 6.74. The highest BCUT2D eigenvalue weighted by atomic mass is 35.5. The summed E-state index contributed by atoms with van der Waals surface area (Å²) in [6, 6.07) is 0. The van der Waals surface area contributed by atoms with Crippen molar-refractivity contribution in [2.45, 2.75) is 263 Å². The molecule has 0 amide bonds. The molecule has 0 unspecified atom stereocenters. The first-order chi connectivity index (χ1) is 26.8. The highest BCUT2D eigenvalue weighted by molar-refractivity contribution is 4.80. The van der Waals surface area contributed by atoms with Gasteiger partial charge in [0.05, 0.1) is 39.9 Å². The van der Waals surface area contributed by atoms with Crippen LogP contribution in [-0.4, -0.2) is 101 Å². The van der Waals surface area contributed by atoms with Gasteiger partial charge in [0.2, 0.25) is 0 Å². The number of halogens is 1. The Hall–Kier alpha value is 0.01000. The molecule has 0 saturated carbocycles. The molecule has 0 fully saturated rings. The van der Waals surface area contributed by atoms with Crippen molar-refractivity contribution in [1.29, 1.82) is 0 Å². The molecule has 340 valence electrons. The molecular weight excluding hydrogens is 722 g/mol. The van der Waals surface area contributed by atoms with E-state index in [1.54, 1.807) is 0 Å². The molecule has 8 heteroatoms. The summed E-state index contributed by atoms with van der Waals surface area (Å²) in [7, 11) is 2.48. The molecule has 0 aliphatic rings. The predicted octanol–water partition coefficient (Wildman–Crippen LogP) is 8.58. The van der Waals surface area contributed by atoms with E-state index in [0.717, 1.165) is 19.3 Å². The van der Waals surface area contributed by atoms with Gasteiger partial charge in [-0.15, -0.1) is 0 Å². The lowest BCUT2D eigenvalue weighted by atomic mass is 10.0. The van der Waals surface area contributed by atoms with Crippen molar-refractivity contribution in [1.82, 2.24) is 0 Å². The average Bonchev–Trinajstić information content (AvgIpc) is 3.19. The van der Waals surface area contributed by atoms with Crippen LogP contribution in [0.4, 0.5) is 0 Å². The maximum Gasteiger partial charge on any atom is 0.111 e. The van der Waals surface area contributed by atoms with E-state index >= 15 is 0 Å².